The maximum atomic E-state index is 13.9. The monoisotopic (exact) mass is 473 g/mol. The minimum absolute atomic E-state index is 0.133. The molecule has 0 radical (unpaired) electrons. The topological polar surface area (TPSA) is 87.7 Å². The van der Waals surface area contributed by atoms with Crippen LogP contribution in [0.5, 0.6) is 0 Å². The van der Waals surface area contributed by atoms with Crippen LogP contribution >= 0.6 is 0 Å². The number of amides is 3. The van der Waals surface area contributed by atoms with Crippen LogP contribution in [0.15, 0.2) is 30.9 Å². The van der Waals surface area contributed by atoms with Gasteiger partial charge in [-0.25, -0.2) is 4.79 Å². The summed E-state index contributed by atoms with van der Waals surface area (Å²) in [7, 11) is 0. The maximum Gasteiger partial charge on any atom is 0.408 e. The molecule has 1 rings (SSSR count). The van der Waals surface area contributed by atoms with E-state index >= 15 is 0 Å². The molecule has 0 bridgehead atoms. The largest absolute Gasteiger partial charge is 0.444 e. The number of alkyl carbamates (subject to hydrolysis) is 1. The molecule has 0 heterocycles. The number of nitrogens with zero attached hydrogens (tertiary/aromatic N) is 1. The van der Waals surface area contributed by atoms with Gasteiger partial charge in [-0.3, -0.25) is 9.59 Å². The number of nitrogens with one attached hydrogen (secondary N) is 2. The third-order valence-electron chi connectivity index (χ3n) is 5.09. The summed E-state index contributed by atoms with van der Waals surface area (Å²) in [5.74, 6) is -0.908. The molecule has 2 atom stereocenters. The van der Waals surface area contributed by atoms with E-state index in [2.05, 4.69) is 17.2 Å². The SMILES string of the molecule is C=CCN(C(=O)C(NC(=O)OC(C)(C)C)C(C)C)C(C(=O)NC(C)(C)C)c1c(C)cccc1C. The van der Waals surface area contributed by atoms with Gasteiger partial charge >= 0.3 is 6.09 Å². The summed E-state index contributed by atoms with van der Waals surface area (Å²) < 4.78 is 5.38. The van der Waals surface area contributed by atoms with Crippen LogP contribution in [-0.4, -0.2) is 46.5 Å². The van der Waals surface area contributed by atoms with Crippen LogP contribution in [0.4, 0.5) is 4.79 Å². The van der Waals surface area contributed by atoms with Crippen molar-refractivity contribution in [3.8, 4) is 0 Å². The van der Waals surface area contributed by atoms with Crippen LogP contribution in [0.3, 0.4) is 0 Å². The minimum Gasteiger partial charge on any atom is -0.444 e. The van der Waals surface area contributed by atoms with Gasteiger partial charge in [0.25, 0.3) is 0 Å². The summed E-state index contributed by atoms with van der Waals surface area (Å²) in [6.45, 7) is 22.5. The first kappa shape index (κ1) is 29.2. The first-order valence-corrected chi connectivity index (χ1v) is 11.8. The molecule has 0 saturated heterocycles. The van der Waals surface area contributed by atoms with Gasteiger partial charge in [0.2, 0.25) is 11.8 Å². The number of ether oxygens (including phenoxy) is 1. The Labute approximate surface area is 205 Å². The standard InChI is InChI=1S/C27H43N3O4/c1-12-16-30(24(32)21(17(2)3)28-25(33)34-27(9,10)11)22(23(31)29-26(6,7)8)20-18(4)14-13-15-19(20)5/h12-15,17,21-22H,1,16H2,2-11H3,(H,28,33)(H,29,31). The van der Waals surface area contributed by atoms with E-state index in [9.17, 15) is 14.4 Å². The smallest absolute Gasteiger partial charge is 0.408 e. The number of rotatable bonds is 8. The Morgan fingerprint density at radius 2 is 1.59 bits per heavy atom. The molecule has 0 aromatic heterocycles. The number of hydrogen-bond donors (Lipinski definition) is 2. The van der Waals surface area contributed by atoms with Crippen molar-refractivity contribution < 1.29 is 19.1 Å². The summed E-state index contributed by atoms with van der Waals surface area (Å²) in [6, 6.07) is 3.99. The van der Waals surface area contributed by atoms with Gasteiger partial charge in [0.15, 0.2) is 0 Å². The second-order valence-electron chi connectivity index (χ2n) is 11.1. The Bertz CT molecular complexity index is 874. The maximum absolute atomic E-state index is 13.9. The third-order valence-corrected chi connectivity index (χ3v) is 5.09. The van der Waals surface area contributed by atoms with E-state index in [1.54, 1.807) is 26.8 Å². The molecule has 1 aromatic carbocycles. The molecule has 0 aliphatic rings. The molecule has 7 nitrogen and oxygen atoms in total. The first-order chi connectivity index (χ1) is 15.5. The molecule has 0 spiro atoms. The molecular weight excluding hydrogens is 430 g/mol. The van der Waals surface area contributed by atoms with Gasteiger partial charge in [-0.1, -0.05) is 38.1 Å². The number of aryl methyl sites for hydroxylation is 2. The van der Waals surface area contributed by atoms with E-state index in [1.165, 1.54) is 4.90 Å². The van der Waals surface area contributed by atoms with Crippen molar-refractivity contribution in [2.24, 2.45) is 5.92 Å². The average molecular weight is 474 g/mol. The van der Waals surface area contributed by atoms with Crippen molar-refractivity contribution in [1.29, 1.82) is 0 Å². The van der Waals surface area contributed by atoms with Crippen molar-refractivity contribution in [3.63, 3.8) is 0 Å². The van der Waals surface area contributed by atoms with E-state index in [-0.39, 0.29) is 24.3 Å². The van der Waals surface area contributed by atoms with E-state index in [0.717, 1.165) is 16.7 Å². The van der Waals surface area contributed by atoms with Gasteiger partial charge < -0.3 is 20.3 Å². The predicted octanol–water partition coefficient (Wildman–Crippen LogP) is 4.82. The number of carbonyl (C=O) groups is 3. The summed E-state index contributed by atoms with van der Waals surface area (Å²) >= 11 is 0. The van der Waals surface area contributed by atoms with Crippen LogP contribution in [0.1, 0.15) is 78.1 Å². The van der Waals surface area contributed by atoms with Crippen LogP contribution in [0.25, 0.3) is 0 Å². The van der Waals surface area contributed by atoms with Crippen LogP contribution in [0, 0.1) is 19.8 Å². The number of carbonyl (C=O) groups excluding carboxylic acids is 3. The first-order valence-electron chi connectivity index (χ1n) is 11.8. The Morgan fingerprint density at radius 1 is 1.06 bits per heavy atom. The number of benzene rings is 1. The average Bonchev–Trinajstić information content (AvgIpc) is 2.64. The molecule has 0 aliphatic carbocycles. The summed E-state index contributed by atoms with van der Waals surface area (Å²) in [5.41, 5.74) is 1.36. The van der Waals surface area contributed by atoms with Gasteiger partial charge in [0, 0.05) is 12.1 Å². The normalized spacial score (nSPS) is 13.6. The quantitative estimate of drug-likeness (QED) is 0.530. The zero-order chi connectivity index (χ0) is 26.4. The van der Waals surface area contributed by atoms with Crippen molar-refractivity contribution in [2.75, 3.05) is 6.54 Å². The van der Waals surface area contributed by atoms with E-state index in [1.807, 2.05) is 66.7 Å². The zero-order valence-corrected chi connectivity index (χ0v) is 22.5. The van der Waals surface area contributed by atoms with Gasteiger partial charge in [0.1, 0.15) is 17.7 Å². The van der Waals surface area contributed by atoms with Gasteiger partial charge in [-0.05, 0) is 78.0 Å². The number of hydrogen-bond acceptors (Lipinski definition) is 4. The van der Waals surface area contributed by atoms with E-state index in [4.69, 9.17) is 4.74 Å². The minimum atomic E-state index is -0.896. The summed E-state index contributed by atoms with van der Waals surface area (Å²) in [5, 5.41) is 5.74. The van der Waals surface area contributed by atoms with Gasteiger partial charge in [0.05, 0.1) is 0 Å². The zero-order valence-electron chi connectivity index (χ0n) is 22.5. The highest BCUT2D eigenvalue weighted by atomic mass is 16.6. The molecule has 3 amide bonds. The van der Waals surface area contributed by atoms with Crippen LogP contribution in [-0.2, 0) is 14.3 Å². The molecule has 0 fully saturated rings. The lowest BCUT2D eigenvalue weighted by Crippen LogP contribution is -2.56. The van der Waals surface area contributed by atoms with E-state index < -0.39 is 29.3 Å². The Hall–Kier alpha value is -2.83. The second kappa shape index (κ2) is 11.5. The van der Waals surface area contributed by atoms with Gasteiger partial charge in [-0.2, -0.15) is 0 Å². The molecule has 0 saturated carbocycles. The fourth-order valence-corrected chi connectivity index (χ4v) is 3.71. The lowest BCUT2D eigenvalue weighted by atomic mass is 9.92. The molecule has 2 N–H and O–H groups in total. The molecule has 1 aromatic rings. The fourth-order valence-electron chi connectivity index (χ4n) is 3.71. The van der Waals surface area contributed by atoms with Crippen LogP contribution in [0.2, 0.25) is 0 Å². The lowest BCUT2D eigenvalue weighted by Gasteiger charge is -2.37. The Kier molecular flexibility index (Phi) is 9.91. The van der Waals surface area contributed by atoms with Crippen LogP contribution < -0.4 is 10.6 Å². The molecule has 0 aliphatic heterocycles. The predicted molar refractivity (Wildman–Crippen MR) is 136 cm³/mol. The third kappa shape index (κ3) is 8.50. The highest BCUT2D eigenvalue weighted by Gasteiger charge is 2.38. The van der Waals surface area contributed by atoms with Crippen molar-refractivity contribution in [3.05, 3.63) is 47.5 Å². The molecule has 34 heavy (non-hydrogen) atoms. The summed E-state index contributed by atoms with van der Waals surface area (Å²) in [6.07, 6.45) is 0.911. The van der Waals surface area contributed by atoms with Crippen molar-refractivity contribution in [1.82, 2.24) is 15.5 Å². The highest BCUT2D eigenvalue weighted by Crippen LogP contribution is 2.29. The fraction of sp³-hybridized carbons (Fsp3) is 0.593. The van der Waals surface area contributed by atoms with Crippen molar-refractivity contribution >= 4 is 17.9 Å². The van der Waals surface area contributed by atoms with E-state index in [0.29, 0.717) is 0 Å². The Balaban J connectivity index is 3.56. The summed E-state index contributed by atoms with van der Waals surface area (Å²) in [4.78, 5) is 41.6. The lowest BCUT2D eigenvalue weighted by molar-refractivity contribution is -0.143. The Morgan fingerprint density at radius 3 is 2.00 bits per heavy atom. The molecule has 2 unspecified atom stereocenters. The van der Waals surface area contributed by atoms with Gasteiger partial charge in [-0.15, -0.1) is 6.58 Å². The molecule has 7 heteroatoms. The molecule has 190 valence electrons. The molecular formula is C27H43N3O4. The highest BCUT2D eigenvalue weighted by molar-refractivity contribution is 5.93. The van der Waals surface area contributed by atoms with Crippen molar-refractivity contribution in [2.45, 2.75) is 92.5 Å². The second-order valence-corrected chi connectivity index (χ2v) is 11.1.